The lowest BCUT2D eigenvalue weighted by Crippen LogP contribution is -2.29. The van der Waals surface area contributed by atoms with E-state index in [9.17, 15) is 23.1 Å². The van der Waals surface area contributed by atoms with Gasteiger partial charge in [-0.3, -0.25) is 4.79 Å². The first-order valence-corrected chi connectivity index (χ1v) is 15.5. The molecule has 0 aromatic carbocycles. The van der Waals surface area contributed by atoms with Crippen molar-refractivity contribution in [2.45, 2.75) is 106 Å². The van der Waals surface area contributed by atoms with Gasteiger partial charge in [0.05, 0.1) is 23.8 Å². The smallest absolute Gasteiger partial charge is 0.480 e. The number of carboxylic acid groups (broad SMARTS) is 2. The molecule has 2 aromatic rings. The van der Waals surface area contributed by atoms with Gasteiger partial charge in [-0.15, -0.1) is 11.3 Å². The van der Waals surface area contributed by atoms with Crippen LogP contribution in [0, 0.1) is 0 Å². The zero-order valence-corrected chi connectivity index (χ0v) is 25.4. The number of alkyl halides is 3. The molecule has 1 aliphatic rings. The molecule has 2 heterocycles. The molecule has 1 fully saturated rings. The van der Waals surface area contributed by atoms with E-state index in [1.807, 2.05) is 17.8 Å². The van der Waals surface area contributed by atoms with Gasteiger partial charge in [-0.25, -0.2) is 19.7 Å². The number of nitrogens with one attached hydrogen (secondary N) is 1. The molecule has 0 aliphatic heterocycles. The van der Waals surface area contributed by atoms with Crippen LogP contribution in [0.2, 0.25) is 0 Å². The molecule has 0 unspecified atom stereocenters. The number of halogens is 3. The lowest BCUT2D eigenvalue weighted by molar-refractivity contribution is -0.192. The molecule has 0 atom stereocenters. The maximum absolute atomic E-state index is 11.4. The molecule has 9 nitrogen and oxygen atoms in total. The summed E-state index contributed by atoms with van der Waals surface area (Å²) in [5.74, 6) is -2.82. The van der Waals surface area contributed by atoms with Crippen LogP contribution in [-0.2, 0) is 16.0 Å². The number of hydrogen-bond acceptors (Lipinski definition) is 9. The van der Waals surface area contributed by atoms with Crippen molar-refractivity contribution in [1.82, 2.24) is 15.0 Å². The maximum Gasteiger partial charge on any atom is 0.490 e. The summed E-state index contributed by atoms with van der Waals surface area (Å²) in [7, 11) is 0. The van der Waals surface area contributed by atoms with Crippen molar-refractivity contribution >= 4 is 46.7 Å². The third-order valence-electron chi connectivity index (χ3n) is 6.45. The van der Waals surface area contributed by atoms with Gasteiger partial charge >= 0.3 is 18.1 Å². The van der Waals surface area contributed by atoms with Crippen molar-refractivity contribution < 1.29 is 33.0 Å². The normalized spacial score (nSPS) is 13.9. The highest BCUT2D eigenvalue weighted by Crippen LogP contribution is 2.34. The van der Waals surface area contributed by atoms with Crippen molar-refractivity contribution in [2.24, 2.45) is 0 Å². The molecule has 2 aromatic heterocycles. The average molecular weight is 620 g/mol. The molecule has 1 saturated carbocycles. The quantitative estimate of drug-likeness (QED) is 0.143. The summed E-state index contributed by atoms with van der Waals surface area (Å²) in [6.45, 7) is 7.38. The Kier molecular flexibility index (Phi) is 14.1. The fourth-order valence-corrected chi connectivity index (χ4v) is 6.27. The summed E-state index contributed by atoms with van der Waals surface area (Å²) in [5.41, 5.74) is 1.99. The number of thioether (sulfide) groups is 1. The summed E-state index contributed by atoms with van der Waals surface area (Å²) in [6.07, 6.45) is 10.7. The van der Waals surface area contributed by atoms with Crippen molar-refractivity contribution in [3.63, 3.8) is 0 Å². The van der Waals surface area contributed by atoms with E-state index < -0.39 is 22.9 Å². The van der Waals surface area contributed by atoms with Crippen molar-refractivity contribution in [3.8, 4) is 0 Å². The zero-order valence-electron chi connectivity index (χ0n) is 23.7. The minimum Gasteiger partial charge on any atom is -0.480 e. The molecule has 41 heavy (non-hydrogen) atoms. The van der Waals surface area contributed by atoms with E-state index in [1.165, 1.54) is 74.5 Å². The Morgan fingerprint density at radius 1 is 1.05 bits per heavy atom. The number of aliphatic carboxylic acids is 2. The van der Waals surface area contributed by atoms with Gasteiger partial charge in [0.15, 0.2) is 4.34 Å². The highest BCUT2D eigenvalue weighted by molar-refractivity contribution is 8.03. The Bertz CT molecular complexity index is 1080. The fraction of sp³-hybridized carbons (Fsp3) is 0.667. The van der Waals surface area contributed by atoms with Gasteiger partial charge in [0.2, 0.25) is 5.95 Å². The third-order valence-corrected chi connectivity index (χ3v) is 8.62. The van der Waals surface area contributed by atoms with Crippen LogP contribution in [0.25, 0.3) is 0 Å². The van der Waals surface area contributed by atoms with Crippen molar-refractivity contribution in [3.05, 3.63) is 23.5 Å². The molecule has 14 heteroatoms. The summed E-state index contributed by atoms with van der Waals surface area (Å²) in [5, 5.41) is 22.1. The topological polar surface area (TPSA) is 129 Å². The Balaban J connectivity index is 0.000000745. The van der Waals surface area contributed by atoms with Gasteiger partial charge in [-0.1, -0.05) is 57.2 Å². The highest BCUT2D eigenvalue weighted by Gasteiger charge is 2.38. The predicted molar refractivity (Wildman–Crippen MR) is 156 cm³/mol. The van der Waals surface area contributed by atoms with E-state index in [1.54, 1.807) is 13.8 Å². The third kappa shape index (κ3) is 12.8. The number of carbonyl (C=O) groups is 2. The number of hydrogen-bond donors (Lipinski definition) is 3. The number of anilines is 2. The zero-order chi connectivity index (χ0) is 30.5. The van der Waals surface area contributed by atoms with Crippen LogP contribution >= 0.6 is 23.1 Å². The second-order valence-corrected chi connectivity index (χ2v) is 13.1. The Morgan fingerprint density at radius 2 is 1.66 bits per heavy atom. The number of aromatic nitrogens is 3. The lowest BCUT2D eigenvalue weighted by Gasteiger charge is -2.23. The van der Waals surface area contributed by atoms with E-state index in [2.05, 4.69) is 32.1 Å². The molecule has 0 bridgehead atoms. The number of unbranched alkanes of at least 4 members (excludes halogenated alkanes) is 4. The number of carboxylic acids is 2. The van der Waals surface area contributed by atoms with Gasteiger partial charge < -0.3 is 20.4 Å². The maximum atomic E-state index is 11.4. The largest absolute Gasteiger partial charge is 0.490 e. The second-order valence-electron chi connectivity index (χ2n) is 10.4. The molecule has 0 radical (unpaired) electrons. The minimum absolute atomic E-state index is 0.548. The molecule has 0 saturated heterocycles. The van der Waals surface area contributed by atoms with E-state index in [0.29, 0.717) is 6.04 Å². The van der Waals surface area contributed by atoms with Gasteiger partial charge in [-0.05, 0) is 33.1 Å². The first kappa shape index (κ1) is 34.6. The van der Waals surface area contributed by atoms with Crippen LogP contribution in [0.1, 0.15) is 84.3 Å². The van der Waals surface area contributed by atoms with Gasteiger partial charge in [0.1, 0.15) is 4.75 Å². The van der Waals surface area contributed by atoms with Crippen LogP contribution in [-0.4, -0.2) is 67.2 Å². The van der Waals surface area contributed by atoms with Gasteiger partial charge in [0, 0.05) is 30.9 Å². The number of rotatable bonds is 15. The summed E-state index contributed by atoms with van der Waals surface area (Å²) in [4.78, 5) is 36.6. The average Bonchev–Trinajstić information content (AvgIpc) is 3.58. The standard InChI is InChI=1S/C25H39N5O2S2.C2HF3O2/c1-4-5-6-7-10-14-30(23-26-16-21(17-27-23)28-19-11-8-9-12-19)15-13-20-18-33-24(29-20)34-25(2,3)22(31)32;3-2(4,5)1(6)7/h16-19,28H,4-15H2,1-3H3,(H,31,32);(H,6,7). The molecular weight excluding hydrogens is 579 g/mol. The molecule has 0 spiro atoms. The van der Waals surface area contributed by atoms with Crippen molar-refractivity contribution in [1.29, 1.82) is 0 Å². The molecule has 1 aliphatic carbocycles. The predicted octanol–water partition coefficient (Wildman–Crippen LogP) is 6.90. The lowest BCUT2D eigenvalue weighted by atomic mass is 10.1. The summed E-state index contributed by atoms with van der Waals surface area (Å²) in [6, 6.07) is 0.548. The van der Waals surface area contributed by atoms with Crippen molar-refractivity contribution in [2.75, 3.05) is 23.3 Å². The molecule has 230 valence electrons. The second kappa shape index (κ2) is 16.7. The SMILES string of the molecule is CCCCCCCN(CCc1csc(SC(C)(C)C(=O)O)n1)c1ncc(NC2CCCC2)cn1.O=C(O)C(F)(F)F. The van der Waals surface area contributed by atoms with E-state index in [4.69, 9.17) is 9.90 Å². The molecule has 3 N–H and O–H groups in total. The van der Waals surface area contributed by atoms with Crippen LogP contribution in [0.3, 0.4) is 0 Å². The highest BCUT2D eigenvalue weighted by atomic mass is 32.2. The Morgan fingerprint density at radius 3 is 2.22 bits per heavy atom. The Labute approximate surface area is 247 Å². The van der Waals surface area contributed by atoms with Crippen LogP contribution < -0.4 is 10.2 Å². The van der Waals surface area contributed by atoms with E-state index >= 15 is 0 Å². The minimum atomic E-state index is -5.08. The number of nitrogens with zero attached hydrogens (tertiary/aromatic N) is 4. The monoisotopic (exact) mass is 619 g/mol. The summed E-state index contributed by atoms with van der Waals surface area (Å²) >= 11 is 2.82. The number of thiazole rings is 1. The first-order chi connectivity index (χ1) is 19.3. The van der Waals surface area contributed by atoms with Crippen LogP contribution in [0.15, 0.2) is 22.1 Å². The molecule has 3 rings (SSSR count). The summed E-state index contributed by atoms with van der Waals surface area (Å²) < 4.78 is 31.6. The Hall–Kier alpha value is -2.61. The van der Waals surface area contributed by atoms with Gasteiger partial charge in [-0.2, -0.15) is 13.2 Å². The van der Waals surface area contributed by atoms with E-state index in [-0.39, 0.29) is 0 Å². The molecule has 0 amide bonds. The van der Waals surface area contributed by atoms with Gasteiger partial charge in [0.25, 0.3) is 0 Å². The first-order valence-electron chi connectivity index (χ1n) is 13.8. The van der Waals surface area contributed by atoms with Crippen LogP contribution in [0.5, 0.6) is 0 Å². The van der Waals surface area contributed by atoms with Crippen LogP contribution in [0.4, 0.5) is 24.8 Å². The molecular formula is C27H40F3N5O4S2. The fourth-order valence-electron chi connectivity index (χ4n) is 4.04. The van der Waals surface area contributed by atoms with E-state index in [0.717, 1.165) is 47.6 Å².